The third-order valence-corrected chi connectivity index (χ3v) is 8.06. The Bertz CT molecular complexity index is 1520. The fraction of sp³-hybridized carbons (Fsp3) is 0.323. The van der Waals surface area contributed by atoms with Crippen LogP contribution in [-0.4, -0.2) is 56.1 Å². The van der Waals surface area contributed by atoms with E-state index in [-0.39, 0.29) is 12.8 Å². The highest BCUT2D eigenvalue weighted by molar-refractivity contribution is 14.1. The summed E-state index contributed by atoms with van der Waals surface area (Å²) in [5.74, 6) is 0.0767. The summed E-state index contributed by atoms with van der Waals surface area (Å²) in [4.78, 5) is 39.8. The van der Waals surface area contributed by atoms with Crippen LogP contribution in [0.5, 0.6) is 17.2 Å². The zero-order chi connectivity index (χ0) is 30.3. The van der Waals surface area contributed by atoms with Gasteiger partial charge in [0.05, 0.1) is 24.2 Å². The molecule has 0 aromatic heterocycles. The highest BCUT2D eigenvalue weighted by atomic mass is 127. The Kier molecular flexibility index (Phi) is 9.75. The monoisotopic (exact) mass is 697 g/mol. The van der Waals surface area contributed by atoms with Crippen molar-refractivity contribution in [3.8, 4) is 17.2 Å². The molecule has 2 N–H and O–H groups in total. The molecule has 43 heavy (non-hydrogen) atoms. The summed E-state index contributed by atoms with van der Waals surface area (Å²) in [5, 5.41) is 16.3. The molecule has 3 aliphatic rings. The molecule has 3 aromatic rings. The Labute approximate surface area is 263 Å². The van der Waals surface area contributed by atoms with E-state index in [1.807, 2.05) is 17.1 Å². The van der Waals surface area contributed by atoms with Crippen LogP contribution in [0.3, 0.4) is 0 Å². The van der Waals surface area contributed by atoms with Crippen LogP contribution in [0.1, 0.15) is 35.6 Å². The van der Waals surface area contributed by atoms with Gasteiger partial charge >= 0.3 is 5.97 Å². The molecular formula is C31H32IN5O6. The Hall–Kier alpha value is -4.20. The Balaban J connectivity index is 1.52. The molecule has 2 amide bonds. The molecule has 1 saturated heterocycles. The van der Waals surface area contributed by atoms with E-state index in [0.29, 0.717) is 34.1 Å². The van der Waals surface area contributed by atoms with Crippen LogP contribution < -0.4 is 20.1 Å². The number of amides is 2. The number of carbonyl (C=O) groups excluding carboxylic acids is 3. The zero-order valence-corrected chi connectivity index (χ0v) is 26.0. The van der Waals surface area contributed by atoms with Crippen LogP contribution >= 0.6 is 22.6 Å². The second-order valence-corrected chi connectivity index (χ2v) is 11.4. The van der Waals surface area contributed by atoms with E-state index in [2.05, 4.69) is 43.6 Å². The molecule has 12 heteroatoms. The lowest BCUT2D eigenvalue weighted by molar-refractivity contribution is -0.145. The second-order valence-electron chi connectivity index (χ2n) is 10.3. The van der Waals surface area contributed by atoms with Crippen molar-refractivity contribution in [1.82, 2.24) is 15.6 Å². The molecule has 0 spiro atoms. The van der Waals surface area contributed by atoms with Crippen molar-refractivity contribution in [2.45, 2.75) is 37.8 Å². The molecule has 0 saturated carbocycles. The lowest BCUT2D eigenvalue weighted by Gasteiger charge is -2.23. The van der Waals surface area contributed by atoms with Crippen molar-refractivity contribution in [1.29, 1.82) is 0 Å². The van der Waals surface area contributed by atoms with E-state index in [1.54, 1.807) is 55.6 Å². The summed E-state index contributed by atoms with van der Waals surface area (Å²) in [7, 11) is 2.82. The molecule has 6 rings (SSSR count). The summed E-state index contributed by atoms with van der Waals surface area (Å²) < 4.78 is 17.3. The normalized spacial score (nSPS) is 19.1. The third kappa shape index (κ3) is 7.61. The van der Waals surface area contributed by atoms with E-state index in [4.69, 9.17) is 14.2 Å². The average Bonchev–Trinajstić information content (AvgIpc) is 3.53. The number of halogens is 1. The summed E-state index contributed by atoms with van der Waals surface area (Å²) >= 11 is 2.11. The van der Waals surface area contributed by atoms with Gasteiger partial charge in [-0.1, -0.05) is 29.5 Å². The summed E-state index contributed by atoms with van der Waals surface area (Å²) in [6.45, 7) is 1.71. The van der Waals surface area contributed by atoms with Gasteiger partial charge in [0.2, 0.25) is 11.8 Å². The van der Waals surface area contributed by atoms with Gasteiger partial charge in [-0.2, -0.15) is 0 Å². The molecule has 1 fully saturated rings. The first kappa shape index (κ1) is 30.3. The van der Waals surface area contributed by atoms with Gasteiger partial charge in [0.25, 0.3) is 0 Å². The number of carbonyl (C=O) groups is 3. The van der Waals surface area contributed by atoms with E-state index in [1.165, 1.54) is 7.11 Å². The number of nitrogens with zero attached hydrogens (tertiary/aromatic N) is 3. The number of benzene rings is 3. The van der Waals surface area contributed by atoms with Gasteiger partial charge in [-0.15, -0.1) is 5.11 Å². The van der Waals surface area contributed by atoms with Crippen molar-refractivity contribution in [2.75, 3.05) is 27.3 Å². The van der Waals surface area contributed by atoms with Crippen LogP contribution in [0.25, 0.3) is 0 Å². The van der Waals surface area contributed by atoms with Crippen molar-refractivity contribution >= 4 is 46.1 Å². The lowest BCUT2D eigenvalue weighted by Crippen LogP contribution is -2.48. The number of nitrogens with one attached hydrogen (secondary N) is 2. The molecule has 0 aliphatic carbocycles. The number of esters is 1. The lowest BCUT2D eigenvalue weighted by atomic mass is 10.0. The van der Waals surface area contributed by atoms with E-state index < -0.39 is 29.9 Å². The fourth-order valence-electron chi connectivity index (χ4n) is 4.94. The number of hydrogen-bond donors (Lipinski definition) is 2. The number of ether oxygens (including phenoxy) is 3. The van der Waals surface area contributed by atoms with Crippen LogP contribution in [0.4, 0.5) is 5.69 Å². The molecule has 11 nitrogen and oxygen atoms in total. The molecule has 3 heterocycles. The standard InChI is InChI=1S/C31H32IN5O6/c1-41-26-12-8-21(18-23(26)32)29-30(39)33-25(31(40)42-2)15-19-5-9-22(10-6-19)43-27-16-20(17-28(38)34-29)7-11-24(27)35-36-37-13-3-4-14-37/h5-12,16,18,25,29H,3-4,13-15,17H2,1-2H3,(H,33,39)(H,34,38)/t25-,29-/m1/s1. The minimum atomic E-state index is -1.08. The molecule has 224 valence electrons. The van der Waals surface area contributed by atoms with E-state index >= 15 is 0 Å². The van der Waals surface area contributed by atoms with Crippen LogP contribution in [0.2, 0.25) is 0 Å². The average molecular weight is 698 g/mol. The van der Waals surface area contributed by atoms with Gasteiger partial charge in [0.1, 0.15) is 29.3 Å². The van der Waals surface area contributed by atoms with Crippen LogP contribution in [0.15, 0.2) is 71.0 Å². The first-order valence-corrected chi connectivity index (χ1v) is 15.0. The van der Waals surface area contributed by atoms with Gasteiger partial charge in [0, 0.05) is 19.5 Å². The van der Waals surface area contributed by atoms with Crippen molar-refractivity contribution < 1.29 is 28.6 Å². The van der Waals surface area contributed by atoms with Gasteiger partial charge in [-0.25, -0.2) is 4.79 Å². The Morgan fingerprint density at radius 3 is 2.42 bits per heavy atom. The molecule has 2 atom stereocenters. The van der Waals surface area contributed by atoms with Crippen molar-refractivity contribution in [3.63, 3.8) is 0 Å². The van der Waals surface area contributed by atoms with Gasteiger partial charge in [0.15, 0.2) is 5.75 Å². The van der Waals surface area contributed by atoms with E-state index in [9.17, 15) is 14.4 Å². The summed E-state index contributed by atoms with van der Waals surface area (Å²) in [5.41, 5.74) is 2.49. The SMILES string of the molecule is COC(=O)[C@H]1Cc2ccc(cc2)Oc2cc(ccc2N=NN2CCCC2)CC(=O)N[C@H](c2ccc(OC)c(I)c2)C(=O)N1. The minimum Gasteiger partial charge on any atom is -0.496 e. The quantitative estimate of drug-likeness (QED) is 0.223. The maximum atomic E-state index is 13.7. The molecule has 4 bridgehead atoms. The Morgan fingerprint density at radius 1 is 0.977 bits per heavy atom. The predicted octanol–water partition coefficient (Wildman–Crippen LogP) is 4.80. The highest BCUT2D eigenvalue weighted by Crippen LogP contribution is 2.34. The highest BCUT2D eigenvalue weighted by Gasteiger charge is 2.29. The molecule has 3 aliphatic heterocycles. The smallest absolute Gasteiger partial charge is 0.328 e. The van der Waals surface area contributed by atoms with E-state index in [0.717, 1.165) is 35.1 Å². The van der Waals surface area contributed by atoms with Crippen LogP contribution in [-0.2, 0) is 32.0 Å². The molecular weight excluding hydrogens is 665 g/mol. The van der Waals surface area contributed by atoms with Crippen molar-refractivity contribution in [2.24, 2.45) is 10.3 Å². The fourth-order valence-corrected chi connectivity index (χ4v) is 5.70. The Morgan fingerprint density at radius 2 is 1.72 bits per heavy atom. The maximum absolute atomic E-state index is 13.7. The molecule has 0 radical (unpaired) electrons. The van der Waals surface area contributed by atoms with Gasteiger partial charge in [-0.3, -0.25) is 14.6 Å². The number of hydrogen-bond acceptors (Lipinski definition) is 8. The van der Waals surface area contributed by atoms with Gasteiger partial charge < -0.3 is 24.8 Å². The topological polar surface area (TPSA) is 131 Å². The van der Waals surface area contributed by atoms with Gasteiger partial charge in [-0.05, 0) is 88.5 Å². The number of fused-ring (bicyclic) bond motifs is 9. The second kappa shape index (κ2) is 13.8. The zero-order valence-electron chi connectivity index (χ0n) is 23.8. The maximum Gasteiger partial charge on any atom is 0.328 e. The molecule has 0 unspecified atom stereocenters. The number of rotatable bonds is 5. The van der Waals surface area contributed by atoms with Crippen LogP contribution in [0, 0.1) is 3.57 Å². The summed E-state index contributed by atoms with van der Waals surface area (Å²) in [6, 6.07) is 15.7. The molecule has 3 aromatic carbocycles. The largest absolute Gasteiger partial charge is 0.496 e. The first-order valence-electron chi connectivity index (χ1n) is 13.9. The van der Waals surface area contributed by atoms with Crippen molar-refractivity contribution in [3.05, 3.63) is 80.9 Å². The third-order valence-electron chi connectivity index (χ3n) is 7.22. The number of methoxy groups -OCH3 is 2. The minimum absolute atomic E-state index is 0.0314. The first-order chi connectivity index (χ1) is 20.8. The summed E-state index contributed by atoms with van der Waals surface area (Å²) in [6.07, 6.45) is 2.29. The predicted molar refractivity (Wildman–Crippen MR) is 166 cm³/mol.